The molecule has 10 nitrogen and oxygen atoms in total. The van der Waals surface area contributed by atoms with E-state index in [1.54, 1.807) is 18.2 Å². The molecule has 1 heterocycles. The predicted octanol–water partition coefficient (Wildman–Crippen LogP) is 3.44. The highest BCUT2D eigenvalue weighted by atomic mass is 16.6. The van der Waals surface area contributed by atoms with Crippen LogP contribution in [-0.4, -0.2) is 42.2 Å². The fourth-order valence-electron chi connectivity index (χ4n) is 3.52. The molecule has 0 radical (unpaired) electrons. The number of amides is 2. The maximum Gasteiger partial charge on any atom is 0.338 e. The molecule has 0 aliphatic carbocycles. The zero-order valence-electron chi connectivity index (χ0n) is 17.7. The summed E-state index contributed by atoms with van der Waals surface area (Å²) < 4.78 is 10.2. The number of esters is 1. The van der Waals surface area contributed by atoms with E-state index in [4.69, 9.17) is 9.47 Å². The van der Waals surface area contributed by atoms with E-state index in [1.165, 1.54) is 49.6 Å². The normalized spacial score (nSPS) is 12.3. The molecule has 0 saturated heterocycles. The second-order valence-corrected chi connectivity index (χ2v) is 7.18. The minimum absolute atomic E-state index is 0.0120. The van der Waals surface area contributed by atoms with Crippen molar-refractivity contribution < 1.29 is 33.6 Å². The van der Waals surface area contributed by atoms with E-state index < -0.39 is 40.8 Å². The number of ether oxygens (including phenoxy) is 2. The third kappa shape index (κ3) is 3.99. The average molecular weight is 460 g/mol. The van der Waals surface area contributed by atoms with E-state index in [-0.39, 0.29) is 22.4 Å². The Bertz CT molecular complexity index is 1360. The first-order valence-electron chi connectivity index (χ1n) is 9.92. The van der Waals surface area contributed by atoms with Gasteiger partial charge in [-0.1, -0.05) is 24.3 Å². The van der Waals surface area contributed by atoms with Crippen LogP contribution >= 0.6 is 0 Å². The number of hydrogen-bond donors (Lipinski definition) is 0. The molecule has 3 aromatic carbocycles. The molecule has 10 heteroatoms. The van der Waals surface area contributed by atoms with Gasteiger partial charge in [-0.3, -0.25) is 24.5 Å². The number of anilines is 1. The second-order valence-electron chi connectivity index (χ2n) is 7.18. The van der Waals surface area contributed by atoms with Gasteiger partial charge in [0.2, 0.25) is 0 Å². The first kappa shape index (κ1) is 22.3. The summed E-state index contributed by atoms with van der Waals surface area (Å²) >= 11 is 0. The molecule has 0 spiro atoms. The summed E-state index contributed by atoms with van der Waals surface area (Å²) in [4.78, 5) is 61.8. The van der Waals surface area contributed by atoms with Crippen molar-refractivity contribution in [3.05, 3.63) is 99.1 Å². The minimum atomic E-state index is -0.869. The molecule has 1 aliphatic rings. The quantitative estimate of drug-likeness (QED) is 0.172. The first-order valence-corrected chi connectivity index (χ1v) is 9.92. The zero-order chi connectivity index (χ0) is 24.4. The van der Waals surface area contributed by atoms with Gasteiger partial charge in [0, 0.05) is 11.6 Å². The number of Topliss-reactive ketones (excluding diaryl/α,β-unsaturated/α-hetero) is 1. The monoisotopic (exact) mass is 460 g/mol. The SMILES string of the molecule is COc1cccc(C(=O)COC(=O)c2cccc(N3C(=O)c4cccc([N+](=O)[O-])c4C3=O)c2)c1. The summed E-state index contributed by atoms with van der Waals surface area (Å²) in [7, 11) is 1.46. The molecular weight excluding hydrogens is 444 g/mol. The molecule has 2 amide bonds. The van der Waals surface area contributed by atoms with E-state index in [0.29, 0.717) is 11.3 Å². The van der Waals surface area contributed by atoms with Crippen molar-refractivity contribution in [2.24, 2.45) is 0 Å². The van der Waals surface area contributed by atoms with Crippen molar-refractivity contribution in [2.45, 2.75) is 0 Å². The number of methoxy groups -OCH3 is 1. The van der Waals surface area contributed by atoms with E-state index >= 15 is 0 Å². The van der Waals surface area contributed by atoms with Crippen LogP contribution in [0.2, 0.25) is 0 Å². The van der Waals surface area contributed by atoms with Gasteiger partial charge in [-0.05, 0) is 36.4 Å². The fourth-order valence-corrected chi connectivity index (χ4v) is 3.52. The molecule has 1 aliphatic heterocycles. The molecule has 0 saturated carbocycles. The smallest absolute Gasteiger partial charge is 0.338 e. The lowest BCUT2D eigenvalue weighted by molar-refractivity contribution is -0.385. The average Bonchev–Trinajstić information content (AvgIpc) is 3.12. The van der Waals surface area contributed by atoms with Crippen molar-refractivity contribution in [1.82, 2.24) is 0 Å². The summed E-state index contributed by atoms with van der Waals surface area (Å²) in [6.07, 6.45) is 0. The third-order valence-corrected chi connectivity index (χ3v) is 5.16. The first-order chi connectivity index (χ1) is 16.3. The maximum absolute atomic E-state index is 12.9. The molecule has 0 bridgehead atoms. The third-order valence-electron chi connectivity index (χ3n) is 5.16. The molecule has 0 atom stereocenters. The number of nitro groups is 1. The summed E-state index contributed by atoms with van der Waals surface area (Å²) in [6.45, 7) is -0.532. The number of nitro benzene ring substituents is 1. The largest absolute Gasteiger partial charge is 0.497 e. The van der Waals surface area contributed by atoms with Crippen molar-refractivity contribution in [3.8, 4) is 5.75 Å². The fraction of sp³-hybridized carbons (Fsp3) is 0.0833. The van der Waals surface area contributed by atoms with Crippen LogP contribution < -0.4 is 9.64 Å². The number of carbonyl (C=O) groups is 4. The summed E-state index contributed by atoms with van der Waals surface area (Å²) in [5.74, 6) is -2.43. The van der Waals surface area contributed by atoms with E-state index in [1.807, 2.05) is 0 Å². The molecule has 170 valence electrons. The molecular formula is C24H16N2O8. The van der Waals surface area contributed by atoms with Gasteiger partial charge in [-0.15, -0.1) is 0 Å². The van der Waals surface area contributed by atoms with Gasteiger partial charge in [0.25, 0.3) is 17.5 Å². The van der Waals surface area contributed by atoms with Crippen LogP contribution in [0.1, 0.15) is 41.4 Å². The van der Waals surface area contributed by atoms with Crippen LogP contribution in [0.5, 0.6) is 5.75 Å². The van der Waals surface area contributed by atoms with Gasteiger partial charge < -0.3 is 9.47 Å². The molecule has 0 N–H and O–H groups in total. The molecule has 34 heavy (non-hydrogen) atoms. The van der Waals surface area contributed by atoms with Gasteiger partial charge in [0.1, 0.15) is 11.3 Å². The molecule has 3 aromatic rings. The summed E-state index contributed by atoms with van der Waals surface area (Å²) in [6, 6.07) is 15.6. The zero-order valence-corrected chi connectivity index (χ0v) is 17.7. The Labute approximate surface area is 192 Å². The highest BCUT2D eigenvalue weighted by molar-refractivity contribution is 6.35. The van der Waals surface area contributed by atoms with Gasteiger partial charge in [-0.25, -0.2) is 9.69 Å². The highest BCUT2D eigenvalue weighted by Crippen LogP contribution is 2.34. The highest BCUT2D eigenvalue weighted by Gasteiger charge is 2.41. The van der Waals surface area contributed by atoms with Crippen LogP contribution in [0.3, 0.4) is 0 Å². The Hall–Kier alpha value is -4.86. The lowest BCUT2D eigenvalue weighted by Gasteiger charge is -2.14. The van der Waals surface area contributed by atoms with E-state index in [2.05, 4.69) is 0 Å². The summed E-state index contributed by atoms with van der Waals surface area (Å²) in [5, 5.41) is 11.3. The van der Waals surface area contributed by atoms with E-state index in [0.717, 1.165) is 11.0 Å². The Balaban J connectivity index is 1.53. The number of nitrogens with zero attached hydrogens (tertiary/aromatic N) is 2. The van der Waals surface area contributed by atoms with Crippen molar-refractivity contribution in [2.75, 3.05) is 18.6 Å². The van der Waals surface area contributed by atoms with E-state index in [9.17, 15) is 29.3 Å². The van der Waals surface area contributed by atoms with Gasteiger partial charge >= 0.3 is 5.97 Å². The Morgan fingerprint density at radius 2 is 1.65 bits per heavy atom. The predicted molar refractivity (Wildman–Crippen MR) is 118 cm³/mol. The second kappa shape index (κ2) is 8.94. The number of imide groups is 1. The van der Waals surface area contributed by atoms with Crippen LogP contribution in [0.15, 0.2) is 66.7 Å². The molecule has 0 aromatic heterocycles. The molecule has 4 rings (SSSR count). The van der Waals surface area contributed by atoms with Gasteiger partial charge in [-0.2, -0.15) is 0 Å². The maximum atomic E-state index is 12.9. The van der Waals surface area contributed by atoms with Crippen LogP contribution in [-0.2, 0) is 4.74 Å². The van der Waals surface area contributed by atoms with Crippen LogP contribution in [0.25, 0.3) is 0 Å². The topological polar surface area (TPSA) is 133 Å². The Morgan fingerprint density at radius 3 is 2.38 bits per heavy atom. The van der Waals surface area contributed by atoms with Crippen molar-refractivity contribution in [3.63, 3.8) is 0 Å². The van der Waals surface area contributed by atoms with Crippen LogP contribution in [0, 0.1) is 10.1 Å². The standard InChI is InChI=1S/C24H16N2O8/c1-33-17-8-3-5-14(12-17)20(27)13-34-24(30)15-6-2-7-16(11-15)25-22(28)18-9-4-10-19(26(31)32)21(18)23(25)29/h2-12H,13H2,1H3. The number of carbonyl (C=O) groups excluding carboxylic acids is 4. The van der Waals surface area contributed by atoms with Crippen molar-refractivity contribution in [1.29, 1.82) is 0 Å². The number of fused-ring (bicyclic) bond motifs is 1. The lowest BCUT2D eigenvalue weighted by Crippen LogP contribution is -2.29. The summed E-state index contributed by atoms with van der Waals surface area (Å²) in [5.41, 5.74) is -0.569. The van der Waals surface area contributed by atoms with Gasteiger partial charge in [0.05, 0.1) is 28.8 Å². The van der Waals surface area contributed by atoms with Crippen LogP contribution in [0.4, 0.5) is 11.4 Å². The molecule has 0 fully saturated rings. The number of ketones is 1. The minimum Gasteiger partial charge on any atom is -0.497 e. The number of benzene rings is 3. The Morgan fingerprint density at radius 1 is 0.941 bits per heavy atom. The lowest BCUT2D eigenvalue weighted by atomic mass is 10.1. The van der Waals surface area contributed by atoms with Crippen molar-refractivity contribution >= 4 is 34.9 Å². The van der Waals surface area contributed by atoms with Gasteiger partial charge in [0.15, 0.2) is 12.4 Å². The molecule has 0 unspecified atom stereocenters. The Kier molecular flexibility index (Phi) is 5.88. The number of hydrogen-bond acceptors (Lipinski definition) is 8. The number of rotatable bonds is 7.